The number of amides is 1. The van der Waals surface area contributed by atoms with Crippen molar-refractivity contribution in [1.29, 1.82) is 5.26 Å². The second kappa shape index (κ2) is 5.20. The first-order chi connectivity index (χ1) is 6.76. The van der Waals surface area contributed by atoms with Gasteiger partial charge in [0.05, 0.1) is 24.5 Å². The lowest BCUT2D eigenvalue weighted by Gasteiger charge is -2.22. The summed E-state index contributed by atoms with van der Waals surface area (Å²) < 4.78 is 4.81. The highest BCUT2D eigenvalue weighted by Gasteiger charge is 2.19. The maximum Gasteiger partial charge on any atom is 0.408 e. The van der Waals surface area contributed by atoms with E-state index in [9.17, 15) is 14.7 Å². The number of nitrogens with zero attached hydrogens (tertiary/aromatic N) is 1. The molecule has 6 heteroatoms. The Bertz CT molecular complexity index is 287. The Morgan fingerprint density at radius 3 is 2.40 bits per heavy atom. The van der Waals surface area contributed by atoms with Crippen molar-refractivity contribution >= 4 is 12.1 Å². The van der Waals surface area contributed by atoms with Crippen LogP contribution in [0.5, 0.6) is 0 Å². The van der Waals surface area contributed by atoms with Crippen molar-refractivity contribution in [3.8, 4) is 6.07 Å². The molecule has 0 rings (SSSR count). The molecular weight excluding hydrogens is 200 g/mol. The molecule has 0 saturated carbocycles. The van der Waals surface area contributed by atoms with Crippen molar-refractivity contribution in [2.75, 3.05) is 0 Å². The number of carboxylic acid groups (broad SMARTS) is 1. The molecule has 0 radical (unpaired) electrons. The number of ether oxygens (including phenoxy) is 1. The van der Waals surface area contributed by atoms with Gasteiger partial charge in [-0.1, -0.05) is 0 Å². The van der Waals surface area contributed by atoms with Crippen LogP contribution in [-0.4, -0.2) is 23.7 Å². The van der Waals surface area contributed by atoms with Crippen LogP contribution in [0.1, 0.15) is 27.2 Å². The number of hydrogen-bond acceptors (Lipinski definition) is 5. The fraction of sp³-hybridized carbons (Fsp3) is 0.667. The zero-order valence-electron chi connectivity index (χ0n) is 8.86. The number of carbonyl (C=O) groups is 2. The quantitative estimate of drug-likeness (QED) is 0.683. The lowest BCUT2D eigenvalue weighted by Crippen LogP contribution is -2.49. The molecule has 1 amide bonds. The van der Waals surface area contributed by atoms with Gasteiger partial charge >= 0.3 is 6.09 Å². The smallest absolute Gasteiger partial charge is 0.408 e. The third-order valence-electron chi connectivity index (χ3n) is 1.27. The first-order valence-corrected chi connectivity index (χ1v) is 4.33. The minimum atomic E-state index is -1.51. The highest BCUT2D eigenvalue weighted by atomic mass is 16.6. The van der Waals surface area contributed by atoms with Gasteiger partial charge in [-0.2, -0.15) is 5.26 Å². The Morgan fingerprint density at radius 2 is 2.07 bits per heavy atom. The number of aliphatic carboxylic acids is 1. The van der Waals surface area contributed by atoms with E-state index in [-0.39, 0.29) is 6.42 Å². The molecule has 1 atom stereocenters. The highest BCUT2D eigenvalue weighted by Crippen LogP contribution is 2.06. The second-order valence-corrected chi connectivity index (χ2v) is 3.88. The molecule has 0 aliphatic rings. The summed E-state index contributed by atoms with van der Waals surface area (Å²) >= 11 is 0. The van der Waals surface area contributed by atoms with Crippen molar-refractivity contribution in [2.45, 2.75) is 38.8 Å². The predicted molar refractivity (Wildman–Crippen MR) is 48.4 cm³/mol. The molecule has 0 aromatic rings. The van der Waals surface area contributed by atoms with E-state index in [4.69, 9.17) is 10.00 Å². The fourth-order valence-corrected chi connectivity index (χ4v) is 0.734. The summed E-state index contributed by atoms with van der Waals surface area (Å²) in [5, 5.41) is 20.8. The summed E-state index contributed by atoms with van der Waals surface area (Å²) in [6.45, 7) is 4.93. The SMILES string of the molecule is CC(C)(C)OC(=O)N[C@@H](CC#N)C(=O)[O-]. The number of nitriles is 1. The molecule has 6 nitrogen and oxygen atoms in total. The summed E-state index contributed by atoms with van der Waals surface area (Å²) in [6.07, 6.45) is -1.24. The van der Waals surface area contributed by atoms with E-state index in [2.05, 4.69) is 0 Å². The van der Waals surface area contributed by atoms with Crippen LogP contribution in [0.4, 0.5) is 4.79 Å². The van der Waals surface area contributed by atoms with Gasteiger partial charge < -0.3 is 20.0 Å². The van der Waals surface area contributed by atoms with E-state index in [1.807, 2.05) is 5.32 Å². The maximum absolute atomic E-state index is 11.1. The van der Waals surface area contributed by atoms with Crippen LogP contribution < -0.4 is 10.4 Å². The van der Waals surface area contributed by atoms with Crippen LogP contribution in [0.25, 0.3) is 0 Å². The van der Waals surface area contributed by atoms with Crippen LogP contribution in [-0.2, 0) is 9.53 Å². The van der Waals surface area contributed by atoms with Crippen LogP contribution in [0, 0.1) is 11.3 Å². The molecule has 0 unspecified atom stereocenters. The van der Waals surface area contributed by atoms with Crippen molar-refractivity contribution in [1.82, 2.24) is 5.32 Å². The summed E-state index contributed by atoms with van der Waals surface area (Å²) in [6, 6.07) is 0.283. The Balaban J connectivity index is 4.25. The Kier molecular flexibility index (Phi) is 4.58. The number of nitrogens with one attached hydrogen (secondary N) is 1. The van der Waals surface area contributed by atoms with Gasteiger partial charge in [-0.05, 0) is 20.8 Å². The van der Waals surface area contributed by atoms with Crippen molar-refractivity contribution in [3.05, 3.63) is 0 Å². The van der Waals surface area contributed by atoms with Gasteiger partial charge in [0.2, 0.25) is 0 Å². The van der Waals surface area contributed by atoms with Crippen LogP contribution in [0.3, 0.4) is 0 Å². The van der Waals surface area contributed by atoms with Crippen molar-refractivity contribution in [3.63, 3.8) is 0 Å². The zero-order chi connectivity index (χ0) is 12.1. The molecule has 1 N–H and O–H groups in total. The lowest BCUT2D eigenvalue weighted by atomic mass is 10.2. The summed E-state index contributed by atoms with van der Waals surface area (Å²) in [5.41, 5.74) is -0.715. The minimum absolute atomic E-state index is 0.360. The molecular formula is C9H13N2O4-. The van der Waals surface area contributed by atoms with Gasteiger partial charge in [0.15, 0.2) is 0 Å². The standard InChI is InChI=1S/C9H14N2O4/c1-9(2,3)15-8(14)11-6(4-5-10)7(12)13/h6H,4H2,1-3H3,(H,11,14)(H,12,13)/p-1/t6-/m0/s1. The average Bonchev–Trinajstić information content (AvgIpc) is 1.99. The van der Waals surface area contributed by atoms with Crippen molar-refractivity contribution in [2.24, 2.45) is 0 Å². The van der Waals surface area contributed by atoms with E-state index in [1.54, 1.807) is 26.8 Å². The summed E-state index contributed by atoms with van der Waals surface area (Å²) in [4.78, 5) is 21.6. The molecule has 0 aromatic carbocycles. The Morgan fingerprint density at radius 1 is 1.53 bits per heavy atom. The van der Waals surface area contributed by atoms with Gasteiger partial charge in [-0.3, -0.25) is 0 Å². The monoisotopic (exact) mass is 213 g/mol. The summed E-state index contributed by atoms with van der Waals surface area (Å²) in [5.74, 6) is -1.51. The first kappa shape index (κ1) is 13.2. The maximum atomic E-state index is 11.1. The number of hydrogen-bond donors (Lipinski definition) is 1. The minimum Gasteiger partial charge on any atom is -0.548 e. The zero-order valence-corrected chi connectivity index (χ0v) is 8.86. The topological polar surface area (TPSA) is 102 Å². The predicted octanol–water partition coefficient (Wildman–Crippen LogP) is -0.457. The number of carboxylic acids is 1. The van der Waals surface area contributed by atoms with Gasteiger partial charge in [-0.25, -0.2) is 4.79 Å². The van der Waals surface area contributed by atoms with E-state index >= 15 is 0 Å². The van der Waals surface area contributed by atoms with E-state index in [1.165, 1.54) is 0 Å². The van der Waals surface area contributed by atoms with Gasteiger partial charge in [0.25, 0.3) is 0 Å². The largest absolute Gasteiger partial charge is 0.548 e. The molecule has 0 aromatic heterocycles. The number of carbonyl (C=O) groups excluding carboxylic acids is 2. The third-order valence-corrected chi connectivity index (χ3v) is 1.27. The normalized spacial score (nSPS) is 12.4. The Hall–Kier alpha value is -1.77. The van der Waals surface area contributed by atoms with Crippen LogP contribution >= 0.6 is 0 Å². The second-order valence-electron chi connectivity index (χ2n) is 3.88. The molecule has 0 saturated heterocycles. The summed E-state index contributed by atoms with van der Waals surface area (Å²) in [7, 11) is 0. The molecule has 84 valence electrons. The van der Waals surface area contributed by atoms with E-state index < -0.39 is 23.7 Å². The highest BCUT2D eigenvalue weighted by molar-refractivity contribution is 5.78. The lowest BCUT2D eigenvalue weighted by molar-refractivity contribution is -0.308. The van der Waals surface area contributed by atoms with Gasteiger partial charge in [0, 0.05) is 0 Å². The van der Waals surface area contributed by atoms with Gasteiger partial charge in [0.1, 0.15) is 5.60 Å². The van der Waals surface area contributed by atoms with E-state index in [0.717, 1.165) is 0 Å². The van der Waals surface area contributed by atoms with Gasteiger partial charge in [-0.15, -0.1) is 0 Å². The first-order valence-electron chi connectivity index (χ1n) is 4.33. The molecule has 0 aliphatic heterocycles. The van der Waals surface area contributed by atoms with Crippen LogP contribution in [0.15, 0.2) is 0 Å². The number of alkyl carbamates (subject to hydrolysis) is 1. The molecule has 0 spiro atoms. The molecule has 0 bridgehead atoms. The average molecular weight is 213 g/mol. The molecule has 0 aliphatic carbocycles. The third kappa shape index (κ3) is 6.32. The number of rotatable bonds is 3. The Labute approximate surface area is 87.8 Å². The van der Waals surface area contributed by atoms with Crippen LogP contribution in [0.2, 0.25) is 0 Å². The molecule has 0 heterocycles. The molecule has 15 heavy (non-hydrogen) atoms. The fourth-order valence-electron chi connectivity index (χ4n) is 0.734. The van der Waals surface area contributed by atoms with Crippen molar-refractivity contribution < 1.29 is 19.4 Å². The molecule has 0 fully saturated rings. The van der Waals surface area contributed by atoms with E-state index in [0.29, 0.717) is 0 Å².